The van der Waals surface area contributed by atoms with Crippen LogP contribution in [0.2, 0.25) is 0 Å². The van der Waals surface area contributed by atoms with Crippen LogP contribution in [0.25, 0.3) is 0 Å². The minimum atomic E-state index is 0.493. The van der Waals surface area contributed by atoms with Gasteiger partial charge in [0.15, 0.2) is 0 Å². The largest absolute Gasteiger partial charge is 0.126 e. The van der Waals surface area contributed by atoms with Crippen molar-refractivity contribution in [3.05, 3.63) is 34.3 Å². The molecule has 0 aliphatic heterocycles. The summed E-state index contributed by atoms with van der Waals surface area (Å²) >= 11 is 9.79. The number of hydrogen-bond donors (Lipinski definition) is 0. The Balaban J connectivity index is 2.18. The van der Waals surface area contributed by atoms with E-state index in [1.807, 2.05) is 0 Å². The van der Waals surface area contributed by atoms with Crippen LogP contribution in [-0.2, 0) is 0 Å². The van der Waals surface area contributed by atoms with Crippen molar-refractivity contribution in [1.82, 2.24) is 0 Å². The lowest BCUT2D eigenvalue weighted by molar-refractivity contribution is 0.544. The number of alkyl halides is 1. The van der Waals surface area contributed by atoms with Crippen LogP contribution in [0.1, 0.15) is 76.2 Å². The number of hydrogen-bond acceptors (Lipinski definition) is 0. The van der Waals surface area contributed by atoms with Crippen LogP contribution in [0, 0.1) is 0 Å². The average molecular weight is 360 g/mol. The van der Waals surface area contributed by atoms with E-state index < -0.39 is 0 Å². The number of unbranched alkanes of at least 4 members (excludes halogenated alkanes) is 7. The Morgan fingerprint density at radius 3 is 2.15 bits per heavy atom. The van der Waals surface area contributed by atoms with E-state index in [1.54, 1.807) is 0 Å². The van der Waals surface area contributed by atoms with Crippen LogP contribution in [0.4, 0.5) is 0 Å². The normalized spacial score (nSPS) is 12.6. The molecule has 2 heteroatoms. The lowest BCUT2D eigenvalue weighted by Gasteiger charge is -2.15. The molecule has 0 fully saturated rings. The number of halogens is 2. The SMILES string of the molecule is CCCCCCCCCCC(CCl)c1ccccc1Br. The van der Waals surface area contributed by atoms with E-state index in [-0.39, 0.29) is 0 Å². The van der Waals surface area contributed by atoms with Crippen molar-refractivity contribution in [2.75, 3.05) is 5.88 Å². The van der Waals surface area contributed by atoms with Crippen LogP contribution in [0.5, 0.6) is 0 Å². The highest BCUT2D eigenvalue weighted by atomic mass is 79.9. The Morgan fingerprint density at radius 1 is 0.950 bits per heavy atom. The van der Waals surface area contributed by atoms with Gasteiger partial charge in [0.1, 0.15) is 0 Å². The summed E-state index contributed by atoms with van der Waals surface area (Å²) in [6.07, 6.45) is 12.2. The van der Waals surface area contributed by atoms with Gasteiger partial charge in [-0.05, 0) is 24.0 Å². The van der Waals surface area contributed by atoms with E-state index in [0.29, 0.717) is 5.92 Å². The second-order valence-corrected chi connectivity index (χ2v) is 6.80. The highest BCUT2D eigenvalue weighted by molar-refractivity contribution is 9.10. The van der Waals surface area contributed by atoms with Gasteiger partial charge in [0, 0.05) is 10.4 Å². The second-order valence-electron chi connectivity index (χ2n) is 5.64. The second kappa shape index (κ2) is 11.6. The van der Waals surface area contributed by atoms with E-state index in [0.717, 1.165) is 5.88 Å². The summed E-state index contributed by atoms with van der Waals surface area (Å²) in [6.45, 7) is 2.27. The molecule has 0 aliphatic carbocycles. The average Bonchev–Trinajstić information content (AvgIpc) is 2.47. The van der Waals surface area contributed by atoms with Crippen LogP contribution in [-0.4, -0.2) is 5.88 Å². The molecule has 20 heavy (non-hydrogen) atoms. The first-order valence-electron chi connectivity index (χ1n) is 8.10. The first kappa shape index (κ1) is 18.0. The summed E-state index contributed by atoms with van der Waals surface area (Å²) in [4.78, 5) is 0. The molecule has 0 radical (unpaired) electrons. The van der Waals surface area contributed by atoms with Crippen molar-refractivity contribution in [2.24, 2.45) is 0 Å². The topological polar surface area (TPSA) is 0 Å². The van der Waals surface area contributed by atoms with E-state index in [2.05, 4.69) is 47.1 Å². The van der Waals surface area contributed by atoms with E-state index in [9.17, 15) is 0 Å². The van der Waals surface area contributed by atoms with Gasteiger partial charge in [-0.25, -0.2) is 0 Å². The summed E-state index contributed by atoms with van der Waals surface area (Å²) in [5.74, 6) is 1.21. The molecule has 1 atom stereocenters. The summed E-state index contributed by atoms with van der Waals surface area (Å²) in [5.41, 5.74) is 1.37. The zero-order valence-electron chi connectivity index (χ0n) is 12.7. The van der Waals surface area contributed by atoms with Crippen LogP contribution < -0.4 is 0 Å². The van der Waals surface area contributed by atoms with Gasteiger partial charge < -0.3 is 0 Å². The third kappa shape index (κ3) is 7.13. The molecule has 1 rings (SSSR count). The van der Waals surface area contributed by atoms with Crippen LogP contribution >= 0.6 is 27.5 Å². The molecular formula is C18H28BrCl. The number of rotatable bonds is 11. The maximum absolute atomic E-state index is 6.15. The molecule has 0 nitrogen and oxygen atoms in total. The third-order valence-electron chi connectivity index (χ3n) is 3.94. The summed E-state index contributed by atoms with van der Waals surface area (Å²) in [7, 11) is 0. The number of benzene rings is 1. The highest BCUT2D eigenvalue weighted by Crippen LogP contribution is 2.30. The third-order valence-corrected chi connectivity index (χ3v) is 5.03. The summed E-state index contributed by atoms with van der Waals surface area (Å²) in [6, 6.07) is 8.48. The van der Waals surface area contributed by atoms with Gasteiger partial charge in [-0.15, -0.1) is 11.6 Å². The highest BCUT2D eigenvalue weighted by Gasteiger charge is 2.12. The van der Waals surface area contributed by atoms with Crippen molar-refractivity contribution in [3.63, 3.8) is 0 Å². The standard InChI is InChI=1S/C18H28BrCl/c1-2-3-4-5-6-7-8-9-12-16(15-20)17-13-10-11-14-18(17)19/h10-11,13-14,16H,2-9,12,15H2,1H3. The van der Waals surface area contributed by atoms with Gasteiger partial charge in [0.2, 0.25) is 0 Å². The lowest BCUT2D eigenvalue weighted by Crippen LogP contribution is -2.01. The molecule has 1 aromatic rings. The Labute approximate surface area is 138 Å². The molecule has 0 aromatic heterocycles. The zero-order chi connectivity index (χ0) is 14.6. The molecule has 1 unspecified atom stereocenters. The first-order chi connectivity index (χ1) is 9.79. The predicted molar refractivity (Wildman–Crippen MR) is 94.8 cm³/mol. The Kier molecular flexibility index (Phi) is 10.5. The molecule has 0 heterocycles. The van der Waals surface area contributed by atoms with Crippen LogP contribution in [0.3, 0.4) is 0 Å². The van der Waals surface area contributed by atoms with Crippen molar-refractivity contribution < 1.29 is 0 Å². The van der Waals surface area contributed by atoms with Gasteiger partial charge in [-0.2, -0.15) is 0 Å². The van der Waals surface area contributed by atoms with Gasteiger partial charge in [0.25, 0.3) is 0 Å². The predicted octanol–water partition coefficient (Wildman–Crippen LogP) is 7.30. The molecule has 0 amide bonds. The molecule has 0 saturated carbocycles. The van der Waals surface area contributed by atoms with Crippen molar-refractivity contribution >= 4 is 27.5 Å². The van der Waals surface area contributed by atoms with Gasteiger partial charge in [0.05, 0.1) is 0 Å². The van der Waals surface area contributed by atoms with Crippen molar-refractivity contribution in [1.29, 1.82) is 0 Å². The minimum Gasteiger partial charge on any atom is -0.126 e. The molecule has 0 aliphatic rings. The van der Waals surface area contributed by atoms with Gasteiger partial charge in [-0.1, -0.05) is 92.4 Å². The molecule has 0 bridgehead atoms. The molecule has 0 saturated heterocycles. The van der Waals surface area contributed by atoms with Crippen molar-refractivity contribution in [3.8, 4) is 0 Å². The lowest BCUT2D eigenvalue weighted by atomic mass is 9.94. The molecule has 0 N–H and O–H groups in total. The first-order valence-corrected chi connectivity index (χ1v) is 9.42. The maximum Gasteiger partial charge on any atom is 0.0292 e. The van der Waals surface area contributed by atoms with Crippen molar-refractivity contribution in [2.45, 2.75) is 70.6 Å². The van der Waals surface area contributed by atoms with Gasteiger partial charge in [-0.3, -0.25) is 0 Å². The molecule has 0 spiro atoms. The fourth-order valence-corrected chi connectivity index (χ4v) is 3.58. The van der Waals surface area contributed by atoms with E-state index >= 15 is 0 Å². The summed E-state index contributed by atoms with van der Waals surface area (Å²) in [5, 5.41) is 0. The fraction of sp³-hybridized carbons (Fsp3) is 0.667. The quantitative estimate of drug-likeness (QED) is 0.287. The zero-order valence-corrected chi connectivity index (χ0v) is 15.1. The maximum atomic E-state index is 6.15. The molecular weight excluding hydrogens is 332 g/mol. The summed E-state index contributed by atoms with van der Waals surface area (Å²) < 4.78 is 1.20. The van der Waals surface area contributed by atoms with E-state index in [4.69, 9.17) is 11.6 Å². The fourth-order valence-electron chi connectivity index (χ4n) is 2.65. The molecule has 114 valence electrons. The monoisotopic (exact) mass is 358 g/mol. The minimum absolute atomic E-state index is 0.493. The van der Waals surface area contributed by atoms with Gasteiger partial charge >= 0.3 is 0 Å². The Morgan fingerprint density at radius 2 is 1.55 bits per heavy atom. The van der Waals surface area contributed by atoms with E-state index in [1.165, 1.54) is 67.8 Å². The Hall–Kier alpha value is -0.0100. The smallest absolute Gasteiger partial charge is 0.0292 e. The Bertz CT molecular complexity index is 351. The molecule has 1 aromatic carbocycles. The van der Waals surface area contributed by atoms with Crippen LogP contribution in [0.15, 0.2) is 28.7 Å².